The summed E-state index contributed by atoms with van der Waals surface area (Å²) in [5.41, 5.74) is 3.29. The van der Waals surface area contributed by atoms with E-state index in [-0.39, 0.29) is 5.91 Å². The monoisotopic (exact) mass is 327 g/mol. The first-order chi connectivity index (χ1) is 12.3. The second kappa shape index (κ2) is 6.61. The predicted molar refractivity (Wildman–Crippen MR) is 99.1 cm³/mol. The summed E-state index contributed by atoms with van der Waals surface area (Å²) in [5, 5.41) is 12.3. The van der Waals surface area contributed by atoms with E-state index in [1.165, 1.54) is 0 Å². The van der Waals surface area contributed by atoms with Crippen molar-refractivity contribution in [2.24, 2.45) is 0 Å². The summed E-state index contributed by atoms with van der Waals surface area (Å²) in [7, 11) is 0. The Morgan fingerprint density at radius 2 is 1.68 bits per heavy atom. The van der Waals surface area contributed by atoms with Crippen LogP contribution in [0.1, 0.15) is 16.1 Å². The first-order valence-electron chi connectivity index (χ1n) is 8.17. The largest absolute Gasteiger partial charge is 0.347 e. The normalized spacial score (nSPS) is 10.7. The van der Waals surface area contributed by atoms with Gasteiger partial charge in [0, 0.05) is 12.1 Å². The average molecular weight is 327 g/mol. The molecule has 4 heteroatoms. The minimum atomic E-state index is -0.164. The Morgan fingerprint density at radius 1 is 0.920 bits per heavy atom. The zero-order valence-electron chi connectivity index (χ0n) is 13.6. The second-order valence-electron chi connectivity index (χ2n) is 5.86. The van der Waals surface area contributed by atoms with Crippen LogP contribution >= 0.6 is 0 Å². The van der Waals surface area contributed by atoms with Gasteiger partial charge in [0.05, 0.1) is 5.69 Å². The van der Waals surface area contributed by atoms with Crippen molar-refractivity contribution >= 4 is 16.7 Å². The van der Waals surface area contributed by atoms with Crippen LogP contribution in [0.2, 0.25) is 0 Å². The molecule has 0 radical (unpaired) electrons. The second-order valence-corrected chi connectivity index (χ2v) is 5.86. The Kier molecular flexibility index (Phi) is 4.01. The minimum absolute atomic E-state index is 0.164. The van der Waals surface area contributed by atoms with Crippen molar-refractivity contribution < 1.29 is 4.79 Å². The first-order valence-corrected chi connectivity index (χ1v) is 8.17. The molecule has 0 bridgehead atoms. The molecule has 1 amide bonds. The molecule has 0 aliphatic heterocycles. The maximum Gasteiger partial charge on any atom is 0.269 e. The molecule has 0 aliphatic carbocycles. The van der Waals surface area contributed by atoms with Gasteiger partial charge in [-0.2, -0.15) is 5.10 Å². The zero-order valence-corrected chi connectivity index (χ0v) is 13.6. The van der Waals surface area contributed by atoms with Crippen molar-refractivity contribution in [2.75, 3.05) is 0 Å². The van der Waals surface area contributed by atoms with Crippen LogP contribution < -0.4 is 5.32 Å². The summed E-state index contributed by atoms with van der Waals surface area (Å²) in [6, 6.07) is 25.9. The molecule has 0 spiro atoms. The molecule has 1 heterocycles. The van der Waals surface area contributed by atoms with Gasteiger partial charge in [-0.25, -0.2) is 0 Å². The molecule has 4 aromatic rings. The number of amides is 1. The highest BCUT2D eigenvalue weighted by molar-refractivity contribution is 5.98. The van der Waals surface area contributed by atoms with E-state index in [9.17, 15) is 4.79 Å². The first kappa shape index (κ1) is 15.1. The lowest BCUT2D eigenvalue weighted by Gasteiger charge is -2.03. The third-order valence-corrected chi connectivity index (χ3v) is 4.18. The number of fused-ring (bicyclic) bond motifs is 1. The number of nitrogens with zero attached hydrogens (tertiary/aromatic N) is 1. The molecule has 0 saturated heterocycles. The fourth-order valence-corrected chi connectivity index (χ4v) is 2.90. The van der Waals surface area contributed by atoms with Gasteiger partial charge in [0.1, 0.15) is 5.69 Å². The van der Waals surface area contributed by atoms with Crippen LogP contribution in [-0.2, 0) is 6.54 Å². The lowest BCUT2D eigenvalue weighted by Crippen LogP contribution is -2.23. The Morgan fingerprint density at radius 3 is 2.56 bits per heavy atom. The number of benzene rings is 3. The molecule has 1 aromatic heterocycles. The van der Waals surface area contributed by atoms with Gasteiger partial charge in [0.15, 0.2) is 0 Å². The molecule has 0 unspecified atom stereocenters. The molecule has 4 rings (SSSR count). The van der Waals surface area contributed by atoms with Gasteiger partial charge >= 0.3 is 0 Å². The molecule has 122 valence electrons. The smallest absolute Gasteiger partial charge is 0.269 e. The van der Waals surface area contributed by atoms with Crippen molar-refractivity contribution in [2.45, 2.75) is 6.54 Å². The molecule has 0 saturated carbocycles. The van der Waals surface area contributed by atoms with E-state index in [2.05, 4.69) is 33.7 Å². The SMILES string of the molecule is O=C(NCc1ccccc1)c1cc(-c2cccc3ccccc23)n[nH]1. The highest BCUT2D eigenvalue weighted by Gasteiger charge is 2.12. The van der Waals surface area contributed by atoms with E-state index < -0.39 is 0 Å². The predicted octanol–water partition coefficient (Wildman–Crippen LogP) is 4.16. The van der Waals surface area contributed by atoms with E-state index in [0.717, 1.165) is 27.6 Å². The van der Waals surface area contributed by atoms with Crippen molar-refractivity contribution in [3.05, 3.63) is 90.1 Å². The molecule has 0 atom stereocenters. The summed E-state index contributed by atoms with van der Waals surface area (Å²) >= 11 is 0. The number of carbonyl (C=O) groups is 1. The van der Waals surface area contributed by atoms with E-state index in [1.54, 1.807) is 6.07 Å². The van der Waals surface area contributed by atoms with Crippen molar-refractivity contribution in [1.82, 2.24) is 15.5 Å². The number of nitrogens with one attached hydrogen (secondary N) is 2. The van der Waals surface area contributed by atoms with Gasteiger partial charge in [0.2, 0.25) is 0 Å². The van der Waals surface area contributed by atoms with E-state index in [4.69, 9.17) is 0 Å². The van der Waals surface area contributed by atoms with Gasteiger partial charge in [-0.05, 0) is 22.4 Å². The molecule has 2 N–H and O–H groups in total. The molecule has 25 heavy (non-hydrogen) atoms. The number of aromatic amines is 1. The number of aromatic nitrogens is 2. The fraction of sp³-hybridized carbons (Fsp3) is 0.0476. The summed E-state index contributed by atoms with van der Waals surface area (Å²) in [4.78, 5) is 12.3. The fourth-order valence-electron chi connectivity index (χ4n) is 2.90. The summed E-state index contributed by atoms with van der Waals surface area (Å²) in [6.07, 6.45) is 0. The number of hydrogen-bond acceptors (Lipinski definition) is 2. The van der Waals surface area contributed by atoms with E-state index in [0.29, 0.717) is 12.2 Å². The van der Waals surface area contributed by atoms with Crippen molar-refractivity contribution in [1.29, 1.82) is 0 Å². The summed E-state index contributed by atoms with van der Waals surface area (Å²) in [5.74, 6) is -0.164. The number of carbonyl (C=O) groups excluding carboxylic acids is 1. The van der Waals surface area contributed by atoms with Crippen LogP contribution in [0.4, 0.5) is 0 Å². The highest BCUT2D eigenvalue weighted by Crippen LogP contribution is 2.27. The minimum Gasteiger partial charge on any atom is -0.347 e. The lowest BCUT2D eigenvalue weighted by atomic mass is 10.0. The van der Waals surface area contributed by atoms with Gasteiger partial charge in [-0.3, -0.25) is 9.89 Å². The standard InChI is InChI=1S/C21H17N3O/c25-21(22-14-15-7-2-1-3-8-15)20-13-19(23-24-20)18-12-6-10-16-9-4-5-11-17(16)18/h1-13H,14H2,(H,22,25)(H,23,24). The van der Waals surface area contributed by atoms with Crippen molar-refractivity contribution in [3.8, 4) is 11.3 Å². The average Bonchev–Trinajstić information content (AvgIpc) is 3.16. The quantitative estimate of drug-likeness (QED) is 0.591. The van der Waals surface area contributed by atoms with Crippen LogP contribution in [0.5, 0.6) is 0 Å². The van der Waals surface area contributed by atoms with Gasteiger partial charge < -0.3 is 5.32 Å². The number of H-pyrrole nitrogens is 1. The van der Waals surface area contributed by atoms with E-state index >= 15 is 0 Å². The maximum atomic E-state index is 12.3. The molecule has 0 aliphatic rings. The molecular weight excluding hydrogens is 310 g/mol. The van der Waals surface area contributed by atoms with Gasteiger partial charge in [-0.1, -0.05) is 72.8 Å². The third kappa shape index (κ3) is 3.15. The molecular formula is C21H17N3O. The Hall–Kier alpha value is -3.40. The topological polar surface area (TPSA) is 57.8 Å². The number of rotatable bonds is 4. The van der Waals surface area contributed by atoms with Gasteiger partial charge in [0.25, 0.3) is 5.91 Å². The summed E-state index contributed by atoms with van der Waals surface area (Å²) in [6.45, 7) is 0.488. The lowest BCUT2D eigenvalue weighted by molar-refractivity contribution is 0.0946. The van der Waals surface area contributed by atoms with Crippen LogP contribution in [0, 0.1) is 0 Å². The van der Waals surface area contributed by atoms with Crippen LogP contribution in [-0.4, -0.2) is 16.1 Å². The Balaban J connectivity index is 1.56. The summed E-state index contributed by atoms with van der Waals surface area (Å²) < 4.78 is 0. The molecule has 4 nitrogen and oxygen atoms in total. The van der Waals surface area contributed by atoms with Crippen LogP contribution in [0.15, 0.2) is 78.9 Å². The van der Waals surface area contributed by atoms with Crippen LogP contribution in [0.25, 0.3) is 22.0 Å². The van der Waals surface area contributed by atoms with E-state index in [1.807, 2.05) is 54.6 Å². The molecule has 0 fully saturated rings. The highest BCUT2D eigenvalue weighted by atomic mass is 16.1. The molecule has 3 aromatic carbocycles. The van der Waals surface area contributed by atoms with Crippen LogP contribution in [0.3, 0.4) is 0 Å². The van der Waals surface area contributed by atoms with Crippen molar-refractivity contribution in [3.63, 3.8) is 0 Å². The zero-order chi connectivity index (χ0) is 17.1. The Labute approximate surface area is 145 Å². The van der Waals surface area contributed by atoms with Gasteiger partial charge in [-0.15, -0.1) is 0 Å². The third-order valence-electron chi connectivity index (χ3n) is 4.18. The number of hydrogen-bond donors (Lipinski definition) is 2. The maximum absolute atomic E-state index is 12.3. The Bertz CT molecular complexity index is 1020.